The first kappa shape index (κ1) is 23.6. The van der Waals surface area contributed by atoms with Crippen LogP contribution in [-0.2, 0) is 12.3 Å². The molecule has 4 unspecified atom stereocenters. The summed E-state index contributed by atoms with van der Waals surface area (Å²) in [6.07, 6.45) is 0.669. The molecule has 11 heteroatoms. The molecule has 4 atom stereocenters. The van der Waals surface area contributed by atoms with Gasteiger partial charge in [-0.2, -0.15) is 0 Å². The van der Waals surface area contributed by atoms with E-state index in [-0.39, 0.29) is 5.67 Å². The molecule has 0 aromatic heterocycles. The highest BCUT2D eigenvalue weighted by Gasteiger charge is 2.56. The summed E-state index contributed by atoms with van der Waals surface area (Å²) in [4.78, 5) is 0. The van der Waals surface area contributed by atoms with E-state index in [1.807, 2.05) is 47.3 Å². The van der Waals surface area contributed by atoms with Crippen LogP contribution in [0.4, 0.5) is 0 Å². The molecule has 0 fully saturated rings. The topological polar surface area (TPSA) is 132 Å². The highest BCUT2D eigenvalue weighted by molar-refractivity contribution is 6.90. The van der Waals surface area contributed by atoms with E-state index in [9.17, 15) is 0 Å². The molecule has 0 saturated carbocycles. The van der Waals surface area contributed by atoms with E-state index in [0.29, 0.717) is 6.42 Å². The molecule has 0 bridgehead atoms. The summed E-state index contributed by atoms with van der Waals surface area (Å²) >= 11 is 0. The molecule has 0 aliphatic rings. The molecule has 0 heterocycles. The highest BCUT2D eigenvalue weighted by Crippen LogP contribution is 2.27. The first-order valence-electron chi connectivity index (χ1n) is 8.51. The fraction of sp³-hybridized carbons (Fsp3) is 1.00. The molecule has 0 amide bonds. The maximum atomic E-state index is 6.42. The molecule has 7 nitrogen and oxygen atoms in total. The van der Waals surface area contributed by atoms with E-state index in [4.69, 9.17) is 34.3 Å². The van der Waals surface area contributed by atoms with Crippen LogP contribution in [0, 0.1) is 0 Å². The Labute approximate surface area is 146 Å². The Hall–Kier alpha value is 0.588. The lowest BCUT2D eigenvalue weighted by molar-refractivity contribution is 0.227. The van der Waals surface area contributed by atoms with Crippen molar-refractivity contribution in [2.24, 2.45) is 21.9 Å². The fourth-order valence-corrected chi connectivity index (χ4v) is 15.2. The molecule has 0 aromatic carbocycles. The molecule has 8 N–H and O–H groups in total. The van der Waals surface area contributed by atoms with Gasteiger partial charge in [0.05, 0.1) is 5.67 Å². The number of hydrogen-bond donors (Lipinski definition) is 4. The summed E-state index contributed by atoms with van der Waals surface area (Å²) in [5, 5.41) is 19.2. The first-order valence-corrected chi connectivity index (χ1v) is 18.4. The minimum absolute atomic E-state index is 0.367. The van der Waals surface area contributed by atoms with Crippen molar-refractivity contribution in [3.8, 4) is 0 Å². The van der Waals surface area contributed by atoms with Gasteiger partial charge in [-0.25, -0.2) is 0 Å². The second-order valence-electron chi connectivity index (χ2n) is 6.92. The van der Waals surface area contributed by atoms with Crippen molar-refractivity contribution in [2.45, 2.75) is 77.6 Å². The normalized spacial score (nSPS) is 24.1. The average Bonchev–Trinajstić information content (AvgIpc) is 2.44. The van der Waals surface area contributed by atoms with Crippen molar-refractivity contribution in [3.05, 3.63) is 0 Å². The quantitative estimate of drug-likeness (QED) is 0.387. The van der Waals surface area contributed by atoms with Crippen molar-refractivity contribution in [3.63, 3.8) is 0 Å². The standard InChI is InChI=1S/C12H38N4O3Si4/c1-8-12(13)23(17-20(5,14)9-2,18-21(6,15)10-3)19-22(7,16)11-4/h12H,8-11,13-16H2,1-7H3. The molecule has 0 aliphatic carbocycles. The molecule has 0 aliphatic heterocycles. The number of rotatable bonds is 11. The van der Waals surface area contributed by atoms with Crippen molar-refractivity contribution < 1.29 is 12.3 Å². The molecule has 0 aromatic rings. The van der Waals surface area contributed by atoms with Gasteiger partial charge in [-0.1, -0.05) is 27.7 Å². The van der Waals surface area contributed by atoms with Gasteiger partial charge in [0.2, 0.25) is 0 Å². The minimum Gasteiger partial charge on any atom is -0.402 e. The summed E-state index contributed by atoms with van der Waals surface area (Å²) in [6.45, 7) is 13.9. The molecule has 0 rings (SSSR count). The molecular weight excluding hydrogens is 361 g/mol. The van der Waals surface area contributed by atoms with Crippen LogP contribution in [0.5, 0.6) is 0 Å². The third kappa shape index (κ3) is 7.56. The van der Waals surface area contributed by atoms with E-state index >= 15 is 0 Å². The van der Waals surface area contributed by atoms with Gasteiger partial charge in [0.25, 0.3) is 25.4 Å². The molecule has 140 valence electrons. The molecule has 0 spiro atoms. The number of hydrogen-bond acceptors (Lipinski definition) is 7. The Bertz CT molecular complexity index is 327. The predicted molar refractivity (Wildman–Crippen MR) is 106 cm³/mol. The third-order valence-electron chi connectivity index (χ3n) is 4.13. The van der Waals surface area contributed by atoms with Crippen LogP contribution in [0.15, 0.2) is 0 Å². The van der Waals surface area contributed by atoms with E-state index < -0.39 is 34.2 Å². The van der Waals surface area contributed by atoms with Crippen LogP contribution in [0.2, 0.25) is 37.8 Å². The Balaban J connectivity index is 5.91. The molecular formula is C12H38N4O3Si4. The van der Waals surface area contributed by atoms with Crippen LogP contribution < -0.4 is 21.9 Å². The number of nitrogens with two attached hydrogens (primary N) is 4. The second kappa shape index (κ2) is 8.80. The zero-order valence-corrected chi connectivity index (χ0v) is 19.9. The van der Waals surface area contributed by atoms with Gasteiger partial charge in [-0.3, -0.25) is 0 Å². The Morgan fingerprint density at radius 2 is 0.957 bits per heavy atom. The Morgan fingerprint density at radius 3 is 1.13 bits per heavy atom. The average molecular weight is 399 g/mol. The van der Waals surface area contributed by atoms with Crippen LogP contribution in [-0.4, -0.2) is 39.9 Å². The van der Waals surface area contributed by atoms with Gasteiger partial charge in [-0.05, 0) is 44.2 Å². The lowest BCUT2D eigenvalue weighted by atomic mass is 10.5. The van der Waals surface area contributed by atoms with Gasteiger partial charge >= 0.3 is 8.80 Å². The van der Waals surface area contributed by atoms with Gasteiger partial charge in [0, 0.05) is 0 Å². The summed E-state index contributed by atoms with van der Waals surface area (Å²) in [7, 11) is -10.6. The van der Waals surface area contributed by atoms with Crippen LogP contribution in [0.25, 0.3) is 0 Å². The van der Waals surface area contributed by atoms with Gasteiger partial charge in [0.15, 0.2) is 0 Å². The van der Waals surface area contributed by atoms with E-state index in [0.717, 1.165) is 18.1 Å². The van der Waals surface area contributed by atoms with Crippen LogP contribution >= 0.6 is 0 Å². The zero-order valence-electron chi connectivity index (χ0n) is 15.9. The van der Waals surface area contributed by atoms with E-state index in [1.165, 1.54) is 0 Å². The van der Waals surface area contributed by atoms with Gasteiger partial charge in [-0.15, -0.1) is 0 Å². The molecule has 0 saturated heterocycles. The van der Waals surface area contributed by atoms with Gasteiger partial charge < -0.3 is 34.3 Å². The lowest BCUT2D eigenvalue weighted by Gasteiger charge is -2.45. The fourth-order valence-electron chi connectivity index (χ4n) is 1.73. The monoisotopic (exact) mass is 398 g/mol. The van der Waals surface area contributed by atoms with Crippen molar-refractivity contribution in [2.75, 3.05) is 0 Å². The Morgan fingerprint density at radius 1 is 0.696 bits per heavy atom. The Kier molecular flexibility index (Phi) is 9.02. The molecule has 23 heavy (non-hydrogen) atoms. The largest absolute Gasteiger partial charge is 0.489 e. The summed E-state index contributed by atoms with van der Waals surface area (Å²) < 4.78 is 19.2. The summed E-state index contributed by atoms with van der Waals surface area (Å²) in [5.74, 6) is 0. The SMILES string of the molecule is CCC(N)[Si](O[Si](C)(N)CC)(O[Si](C)(N)CC)O[Si](C)(N)CC. The maximum Gasteiger partial charge on any atom is 0.489 e. The van der Waals surface area contributed by atoms with E-state index in [1.54, 1.807) is 0 Å². The molecule has 0 radical (unpaired) electrons. The van der Waals surface area contributed by atoms with Crippen molar-refractivity contribution in [1.29, 1.82) is 0 Å². The predicted octanol–water partition coefficient (Wildman–Crippen LogP) is 1.40. The maximum absolute atomic E-state index is 6.42. The van der Waals surface area contributed by atoms with Crippen molar-refractivity contribution in [1.82, 2.24) is 0 Å². The third-order valence-corrected chi connectivity index (χ3v) is 18.7. The van der Waals surface area contributed by atoms with E-state index in [2.05, 4.69) is 0 Å². The van der Waals surface area contributed by atoms with Crippen LogP contribution in [0.3, 0.4) is 0 Å². The zero-order chi connectivity index (χ0) is 18.5. The lowest BCUT2D eigenvalue weighted by Crippen LogP contribution is -2.74. The minimum atomic E-state index is -3.28. The van der Waals surface area contributed by atoms with Crippen LogP contribution in [0.1, 0.15) is 34.1 Å². The first-order chi connectivity index (χ1) is 10.3. The summed E-state index contributed by atoms with van der Waals surface area (Å²) in [6, 6.07) is 2.23. The smallest absolute Gasteiger partial charge is 0.402 e. The summed E-state index contributed by atoms with van der Waals surface area (Å²) in [5.41, 5.74) is 6.06. The second-order valence-corrected chi connectivity index (χ2v) is 21.3. The highest BCUT2D eigenvalue weighted by atomic mass is 28.5. The van der Waals surface area contributed by atoms with Gasteiger partial charge in [0.1, 0.15) is 0 Å². The van der Waals surface area contributed by atoms with Crippen molar-refractivity contribution >= 4 is 34.2 Å².